The van der Waals surface area contributed by atoms with Crippen LogP contribution in [0.2, 0.25) is 0 Å². The number of nitroso groups, excluding NO2 is 1. The van der Waals surface area contributed by atoms with Gasteiger partial charge in [0.05, 0.1) is 0 Å². The van der Waals surface area contributed by atoms with Crippen molar-refractivity contribution in [3.63, 3.8) is 0 Å². The Kier molecular flexibility index (Phi) is 4.87. The highest BCUT2D eigenvalue weighted by molar-refractivity contribution is 5.36. The number of rotatable bonds is 7. The van der Waals surface area contributed by atoms with Crippen LogP contribution in [0, 0.1) is 4.91 Å². The summed E-state index contributed by atoms with van der Waals surface area (Å²) in [5.41, 5.74) is 4.81. The molecule has 26 heavy (non-hydrogen) atoms. The molecule has 1 aliphatic carbocycles. The minimum absolute atomic E-state index is 0.139. The minimum Gasteiger partial charge on any atom is -0.265 e. The van der Waals surface area contributed by atoms with Gasteiger partial charge in [0.2, 0.25) is 0 Å². The summed E-state index contributed by atoms with van der Waals surface area (Å²) in [6, 6.07) is 22.7. The van der Waals surface area contributed by atoms with Gasteiger partial charge in [-0.2, -0.15) is 4.91 Å². The summed E-state index contributed by atoms with van der Waals surface area (Å²) in [6.07, 6.45) is 6.70. The number of benzene rings is 2. The topological polar surface area (TPSA) is 42.3 Å². The van der Waals surface area contributed by atoms with Crippen molar-refractivity contribution in [1.29, 1.82) is 0 Å². The van der Waals surface area contributed by atoms with Gasteiger partial charge >= 0.3 is 0 Å². The van der Waals surface area contributed by atoms with E-state index in [9.17, 15) is 4.91 Å². The van der Waals surface area contributed by atoms with E-state index < -0.39 is 0 Å². The van der Waals surface area contributed by atoms with E-state index in [1.165, 1.54) is 29.5 Å². The lowest BCUT2D eigenvalue weighted by Crippen LogP contribution is -2.07. The molecule has 0 amide bonds. The number of pyridine rings is 1. The average Bonchev–Trinajstić information content (AvgIpc) is 3.56. The Balaban J connectivity index is 1.65. The van der Waals surface area contributed by atoms with E-state index in [2.05, 4.69) is 58.7 Å². The molecule has 1 aliphatic rings. The van der Waals surface area contributed by atoms with E-state index in [1.54, 1.807) is 12.4 Å². The molecule has 0 spiro atoms. The van der Waals surface area contributed by atoms with E-state index in [1.807, 2.05) is 18.2 Å². The Bertz CT molecular complexity index is 842. The van der Waals surface area contributed by atoms with Gasteiger partial charge in [-0.1, -0.05) is 59.8 Å². The molecular weight excluding hydrogens is 320 g/mol. The standard InChI is InChI=1S/C23H22N2O/c26-25-23(21-12-14-24-15-13-21)16-22(19-4-2-1-3-5-19)20-10-8-18(9-11-20)17-6-7-17/h1-5,8-15,17,22-23H,6-7,16H2. The Morgan fingerprint density at radius 3 is 2.12 bits per heavy atom. The summed E-state index contributed by atoms with van der Waals surface area (Å²) in [5, 5.41) is 3.43. The fourth-order valence-electron chi connectivity index (χ4n) is 3.62. The predicted molar refractivity (Wildman–Crippen MR) is 104 cm³/mol. The molecule has 130 valence electrons. The molecule has 3 aromatic rings. The zero-order valence-electron chi connectivity index (χ0n) is 14.7. The van der Waals surface area contributed by atoms with Crippen LogP contribution in [-0.4, -0.2) is 4.98 Å². The molecular formula is C23H22N2O. The largest absolute Gasteiger partial charge is 0.265 e. The Hall–Kier alpha value is -2.81. The van der Waals surface area contributed by atoms with Gasteiger partial charge in [0.15, 0.2) is 0 Å². The minimum atomic E-state index is -0.383. The van der Waals surface area contributed by atoms with Crippen LogP contribution in [0.5, 0.6) is 0 Å². The molecule has 3 heteroatoms. The van der Waals surface area contributed by atoms with Crippen molar-refractivity contribution in [2.45, 2.75) is 37.1 Å². The highest BCUT2D eigenvalue weighted by Crippen LogP contribution is 2.41. The van der Waals surface area contributed by atoms with Crippen molar-refractivity contribution in [2.24, 2.45) is 5.18 Å². The summed E-state index contributed by atoms with van der Waals surface area (Å²) >= 11 is 0. The third-order valence-corrected chi connectivity index (χ3v) is 5.27. The molecule has 1 aromatic heterocycles. The van der Waals surface area contributed by atoms with Crippen molar-refractivity contribution < 1.29 is 0 Å². The summed E-state index contributed by atoms with van der Waals surface area (Å²) in [4.78, 5) is 15.6. The molecule has 2 aromatic carbocycles. The zero-order chi connectivity index (χ0) is 17.8. The first-order chi connectivity index (χ1) is 12.8. The molecule has 0 radical (unpaired) electrons. The van der Waals surface area contributed by atoms with Gasteiger partial charge < -0.3 is 0 Å². The third kappa shape index (κ3) is 3.72. The second-order valence-corrected chi connectivity index (χ2v) is 7.04. The lowest BCUT2D eigenvalue weighted by molar-refractivity contribution is 0.593. The maximum absolute atomic E-state index is 11.6. The van der Waals surface area contributed by atoms with Crippen molar-refractivity contribution in [2.75, 3.05) is 0 Å². The van der Waals surface area contributed by atoms with Crippen LogP contribution >= 0.6 is 0 Å². The summed E-state index contributed by atoms with van der Waals surface area (Å²) in [6.45, 7) is 0. The summed E-state index contributed by atoms with van der Waals surface area (Å²) < 4.78 is 0. The molecule has 1 saturated carbocycles. The van der Waals surface area contributed by atoms with Gasteiger partial charge in [0.25, 0.3) is 0 Å². The van der Waals surface area contributed by atoms with Gasteiger partial charge in [-0.15, -0.1) is 0 Å². The monoisotopic (exact) mass is 342 g/mol. The fourth-order valence-corrected chi connectivity index (χ4v) is 3.62. The zero-order valence-corrected chi connectivity index (χ0v) is 14.7. The molecule has 0 saturated heterocycles. The first kappa shape index (κ1) is 16.6. The molecule has 2 unspecified atom stereocenters. The van der Waals surface area contributed by atoms with Gasteiger partial charge in [0.1, 0.15) is 6.04 Å². The predicted octanol–water partition coefficient (Wildman–Crippen LogP) is 5.99. The van der Waals surface area contributed by atoms with Crippen molar-refractivity contribution in [3.05, 3.63) is 106 Å². The smallest absolute Gasteiger partial charge is 0.118 e. The van der Waals surface area contributed by atoms with Crippen LogP contribution in [-0.2, 0) is 0 Å². The quantitative estimate of drug-likeness (QED) is 0.495. The number of nitrogens with zero attached hydrogens (tertiary/aromatic N) is 2. The highest BCUT2D eigenvalue weighted by atomic mass is 16.3. The second kappa shape index (κ2) is 7.61. The van der Waals surface area contributed by atoms with Crippen molar-refractivity contribution in [3.8, 4) is 0 Å². The van der Waals surface area contributed by atoms with Crippen LogP contribution in [0.1, 0.15) is 59.4 Å². The Morgan fingerprint density at radius 1 is 0.846 bits per heavy atom. The average molecular weight is 342 g/mol. The molecule has 3 nitrogen and oxygen atoms in total. The summed E-state index contributed by atoms with van der Waals surface area (Å²) in [7, 11) is 0. The first-order valence-corrected chi connectivity index (χ1v) is 9.22. The first-order valence-electron chi connectivity index (χ1n) is 9.22. The maximum Gasteiger partial charge on any atom is 0.118 e. The fraction of sp³-hybridized carbons (Fsp3) is 0.261. The maximum atomic E-state index is 11.6. The number of aromatic nitrogens is 1. The van der Waals surface area contributed by atoms with Crippen molar-refractivity contribution in [1.82, 2.24) is 4.98 Å². The van der Waals surface area contributed by atoms with Gasteiger partial charge in [-0.3, -0.25) is 4.98 Å². The molecule has 2 atom stereocenters. The van der Waals surface area contributed by atoms with Crippen LogP contribution in [0.15, 0.2) is 84.3 Å². The number of hydrogen-bond donors (Lipinski definition) is 0. The molecule has 0 bridgehead atoms. The van der Waals surface area contributed by atoms with Gasteiger partial charge in [-0.25, -0.2) is 0 Å². The Labute approximate surface area is 154 Å². The van der Waals surface area contributed by atoms with E-state index in [0.29, 0.717) is 6.42 Å². The Morgan fingerprint density at radius 2 is 1.50 bits per heavy atom. The number of hydrogen-bond acceptors (Lipinski definition) is 3. The van der Waals surface area contributed by atoms with Crippen LogP contribution in [0.4, 0.5) is 0 Å². The van der Waals surface area contributed by atoms with E-state index in [4.69, 9.17) is 0 Å². The van der Waals surface area contributed by atoms with E-state index in [0.717, 1.165) is 11.5 Å². The lowest BCUT2D eigenvalue weighted by atomic mass is 9.84. The van der Waals surface area contributed by atoms with Gasteiger partial charge in [-0.05, 0) is 59.6 Å². The molecule has 4 rings (SSSR count). The van der Waals surface area contributed by atoms with E-state index >= 15 is 0 Å². The van der Waals surface area contributed by atoms with Crippen LogP contribution in [0.25, 0.3) is 0 Å². The van der Waals surface area contributed by atoms with Gasteiger partial charge in [0, 0.05) is 18.3 Å². The normalized spacial score (nSPS) is 16.0. The molecule has 0 aliphatic heterocycles. The molecule has 0 N–H and O–H groups in total. The second-order valence-electron chi connectivity index (χ2n) is 7.04. The van der Waals surface area contributed by atoms with Crippen molar-refractivity contribution >= 4 is 0 Å². The highest BCUT2D eigenvalue weighted by Gasteiger charge is 2.25. The van der Waals surface area contributed by atoms with Crippen LogP contribution < -0.4 is 0 Å². The molecule has 1 heterocycles. The van der Waals surface area contributed by atoms with Crippen LogP contribution in [0.3, 0.4) is 0 Å². The summed E-state index contributed by atoms with van der Waals surface area (Å²) in [5.74, 6) is 0.890. The van der Waals surface area contributed by atoms with E-state index in [-0.39, 0.29) is 12.0 Å². The lowest BCUT2D eigenvalue weighted by Gasteiger charge is -2.21. The SMILES string of the molecule is O=NC(CC(c1ccccc1)c1ccc(C2CC2)cc1)c1ccncc1. The third-order valence-electron chi connectivity index (χ3n) is 5.27. The molecule has 1 fully saturated rings.